The Morgan fingerprint density at radius 3 is 2.65 bits per heavy atom. The average molecular weight is 340 g/mol. The van der Waals surface area contributed by atoms with Gasteiger partial charge in [0.2, 0.25) is 5.88 Å². The monoisotopic (exact) mass is 339 g/mol. The van der Waals surface area contributed by atoms with Crippen molar-refractivity contribution in [2.75, 3.05) is 7.11 Å². The summed E-state index contributed by atoms with van der Waals surface area (Å²) >= 11 is 3.44. The van der Waals surface area contributed by atoms with Crippen LogP contribution in [0.2, 0.25) is 0 Å². The van der Waals surface area contributed by atoms with E-state index in [9.17, 15) is 5.11 Å². The zero-order valence-electron chi connectivity index (χ0n) is 11.7. The Morgan fingerprint density at radius 2 is 2.10 bits per heavy atom. The summed E-state index contributed by atoms with van der Waals surface area (Å²) in [6.07, 6.45) is 3.27. The smallest absolute Gasteiger partial charge is 0.212 e. The summed E-state index contributed by atoms with van der Waals surface area (Å²) in [4.78, 5) is 4.14. The number of nitrogens with zero attached hydrogens (tertiary/aromatic N) is 3. The molecule has 0 radical (unpaired) electrons. The minimum Gasteiger partial charge on any atom is -0.481 e. The van der Waals surface area contributed by atoms with Crippen LogP contribution in [0.15, 0.2) is 29.0 Å². The van der Waals surface area contributed by atoms with Crippen molar-refractivity contribution >= 4 is 15.9 Å². The van der Waals surface area contributed by atoms with Gasteiger partial charge in [0, 0.05) is 24.7 Å². The highest BCUT2D eigenvalue weighted by Crippen LogP contribution is 2.28. The molecule has 2 rings (SSSR count). The predicted molar refractivity (Wildman–Crippen MR) is 79.8 cm³/mol. The summed E-state index contributed by atoms with van der Waals surface area (Å²) in [5, 5.41) is 14.7. The molecule has 0 saturated carbocycles. The Labute approximate surface area is 126 Å². The van der Waals surface area contributed by atoms with E-state index in [1.807, 2.05) is 24.6 Å². The molecule has 0 saturated heterocycles. The Bertz CT molecular complexity index is 566. The maximum absolute atomic E-state index is 10.5. The molecule has 0 aliphatic heterocycles. The van der Waals surface area contributed by atoms with Gasteiger partial charge in [0.1, 0.15) is 6.10 Å². The molecule has 2 aromatic rings. The normalized spacial score (nSPS) is 12.7. The van der Waals surface area contributed by atoms with Crippen molar-refractivity contribution in [1.82, 2.24) is 14.8 Å². The second-order valence-corrected chi connectivity index (χ2v) is 5.70. The van der Waals surface area contributed by atoms with E-state index in [4.69, 9.17) is 4.74 Å². The SMILES string of the molecule is COc1ccc(CC(O)c2c(Br)cnn2C(C)C)cn1. The zero-order chi connectivity index (χ0) is 14.7. The fraction of sp³-hybridized carbons (Fsp3) is 0.429. The fourth-order valence-electron chi connectivity index (χ4n) is 2.05. The number of aromatic nitrogens is 3. The summed E-state index contributed by atoms with van der Waals surface area (Å²) in [7, 11) is 1.58. The van der Waals surface area contributed by atoms with Crippen molar-refractivity contribution in [2.24, 2.45) is 0 Å². The molecular formula is C14H18BrN3O2. The molecule has 2 heterocycles. The van der Waals surface area contributed by atoms with E-state index in [0.29, 0.717) is 12.3 Å². The number of methoxy groups -OCH3 is 1. The number of rotatable bonds is 5. The van der Waals surface area contributed by atoms with Gasteiger partial charge in [0.05, 0.1) is 23.5 Å². The largest absolute Gasteiger partial charge is 0.481 e. The van der Waals surface area contributed by atoms with Crippen LogP contribution in [-0.4, -0.2) is 27.0 Å². The topological polar surface area (TPSA) is 60.2 Å². The minimum atomic E-state index is -0.635. The van der Waals surface area contributed by atoms with Crippen LogP contribution in [0.25, 0.3) is 0 Å². The van der Waals surface area contributed by atoms with E-state index in [1.54, 1.807) is 25.6 Å². The third kappa shape index (κ3) is 3.19. The number of ether oxygens (including phenoxy) is 1. The summed E-state index contributed by atoms with van der Waals surface area (Å²) in [5.41, 5.74) is 1.73. The molecule has 0 bridgehead atoms. The maximum Gasteiger partial charge on any atom is 0.212 e. The second kappa shape index (κ2) is 6.37. The molecule has 5 nitrogen and oxygen atoms in total. The highest BCUT2D eigenvalue weighted by atomic mass is 79.9. The van der Waals surface area contributed by atoms with Crippen molar-refractivity contribution in [3.63, 3.8) is 0 Å². The first-order chi connectivity index (χ1) is 9.52. The van der Waals surface area contributed by atoms with Crippen LogP contribution < -0.4 is 4.74 Å². The van der Waals surface area contributed by atoms with Gasteiger partial charge in [-0.15, -0.1) is 0 Å². The van der Waals surface area contributed by atoms with E-state index in [2.05, 4.69) is 26.0 Å². The van der Waals surface area contributed by atoms with E-state index in [1.165, 1.54) is 0 Å². The summed E-state index contributed by atoms with van der Waals surface area (Å²) in [5.74, 6) is 0.566. The van der Waals surface area contributed by atoms with Crippen LogP contribution in [0.3, 0.4) is 0 Å². The van der Waals surface area contributed by atoms with Crippen molar-refractivity contribution in [3.8, 4) is 5.88 Å². The van der Waals surface area contributed by atoms with Crippen molar-refractivity contribution in [1.29, 1.82) is 0 Å². The Balaban J connectivity index is 2.19. The first-order valence-corrected chi connectivity index (χ1v) is 7.22. The zero-order valence-corrected chi connectivity index (χ0v) is 13.3. The molecule has 2 aromatic heterocycles. The maximum atomic E-state index is 10.5. The highest BCUT2D eigenvalue weighted by molar-refractivity contribution is 9.10. The molecule has 6 heteroatoms. The standard InChI is InChI=1S/C14H18BrN3O2/c1-9(2)18-14(11(15)8-17-18)12(19)6-10-4-5-13(20-3)16-7-10/h4-5,7-9,12,19H,6H2,1-3H3. The van der Waals surface area contributed by atoms with Crippen molar-refractivity contribution in [3.05, 3.63) is 40.3 Å². The molecule has 0 aromatic carbocycles. The third-order valence-electron chi connectivity index (χ3n) is 3.03. The molecule has 108 valence electrons. The van der Waals surface area contributed by atoms with Crippen LogP contribution in [0.4, 0.5) is 0 Å². The molecule has 0 aliphatic rings. The number of pyridine rings is 1. The average Bonchev–Trinajstić information content (AvgIpc) is 2.81. The van der Waals surface area contributed by atoms with Crippen LogP contribution in [0.1, 0.15) is 37.3 Å². The molecule has 1 unspecified atom stereocenters. The van der Waals surface area contributed by atoms with Crippen LogP contribution in [-0.2, 0) is 6.42 Å². The number of hydrogen-bond acceptors (Lipinski definition) is 4. The van der Waals surface area contributed by atoms with Gasteiger partial charge in [0.25, 0.3) is 0 Å². The lowest BCUT2D eigenvalue weighted by molar-refractivity contribution is 0.163. The van der Waals surface area contributed by atoms with Gasteiger partial charge in [-0.1, -0.05) is 6.07 Å². The highest BCUT2D eigenvalue weighted by Gasteiger charge is 2.19. The van der Waals surface area contributed by atoms with Crippen LogP contribution >= 0.6 is 15.9 Å². The Morgan fingerprint density at radius 1 is 1.35 bits per heavy atom. The molecule has 0 spiro atoms. The lowest BCUT2D eigenvalue weighted by atomic mass is 10.1. The molecule has 0 aliphatic carbocycles. The molecule has 1 atom stereocenters. The lowest BCUT2D eigenvalue weighted by Gasteiger charge is -2.16. The number of aliphatic hydroxyl groups excluding tert-OH is 1. The Hall–Kier alpha value is -1.40. The number of halogens is 1. The van der Waals surface area contributed by atoms with Crippen LogP contribution in [0, 0.1) is 0 Å². The van der Waals surface area contributed by atoms with Gasteiger partial charge in [-0.25, -0.2) is 4.98 Å². The lowest BCUT2D eigenvalue weighted by Crippen LogP contribution is -2.13. The van der Waals surface area contributed by atoms with Gasteiger partial charge >= 0.3 is 0 Å². The predicted octanol–water partition coefficient (Wildman–Crippen LogP) is 2.91. The van der Waals surface area contributed by atoms with Gasteiger partial charge in [-0.05, 0) is 35.3 Å². The molecular weight excluding hydrogens is 322 g/mol. The summed E-state index contributed by atoms with van der Waals surface area (Å²) < 4.78 is 7.67. The first kappa shape index (κ1) is 15.0. The quantitative estimate of drug-likeness (QED) is 0.909. The van der Waals surface area contributed by atoms with Crippen molar-refractivity contribution < 1.29 is 9.84 Å². The van der Waals surface area contributed by atoms with Gasteiger partial charge in [-0.2, -0.15) is 5.10 Å². The first-order valence-electron chi connectivity index (χ1n) is 6.42. The van der Waals surface area contributed by atoms with Gasteiger partial charge in [-0.3, -0.25) is 4.68 Å². The molecule has 1 N–H and O–H groups in total. The summed E-state index contributed by atoms with van der Waals surface area (Å²) in [6.45, 7) is 4.06. The fourth-order valence-corrected chi connectivity index (χ4v) is 2.58. The van der Waals surface area contributed by atoms with Gasteiger partial charge < -0.3 is 9.84 Å². The number of aliphatic hydroxyl groups is 1. The van der Waals surface area contributed by atoms with Crippen molar-refractivity contribution in [2.45, 2.75) is 32.4 Å². The van der Waals surface area contributed by atoms with E-state index < -0.39 is 6.10 Å². The molecule has 20 heavy (non-hydrogen) atoms. The van der Waals surface area contributed by atoms with Crippen LogP contribution in [0.5, 0.6) is 5.88 Å². The third-order valence-corrected chi connectivity index (χ3v) is 3.64. The van der Waals surface area contributed by atoms with E-state index >= 15 is 0 Å². The molecule has 0 amide bonds. The second-order valence-electron chi connectivity index (χ2n) is 4.84. The van der Waals surface area contributed by atoms with E-state index in [-0.39, 0.29) is 6.04 Å². The van der Waals surface area contributed by atoms with E-state index in [0.717, 1.165) is 15.7 Å². The van der Waals surface area contributed by atoms with Gasteiger partial charge in [0.15, 0.2) is 0 Å². The number of hydrogen-bond donors (Lipinski definition) is 1. The summed E-state index contributed by atoms with van der Waals surface area (Å²) in [6, 6.07) is 3.88. The minimum absolute atomic E-state index is 0.194. The molecule has 0 fully saturated rings. The Kier molecular flexibility index (Phi) is 4.77.